The molecule has 0 radical (unpaired) electrons. The summed E-state index contributed by atoms with van der Waals surface area (Å²) in [5, 5.41) is 16.5. The van der Waals surface area contributed by atoms with Gasteiger partial charge in [-0.25, -0.2) is 0 Å². The molecule has 2 aromatic rings. The largest absolute Gasteiger partial charge is 0.506 e. The van der Waals surface area contributed by atoms with Crippen molar-refractivity contribution in [3.63, 3.8) is 0 Å². The number of rotatable bonds is 7. The van der Waals surface area contributed by atoms with Gasteiger partial charge in [0.25, 0.3) is 0 Å². The molecular formula is C26H32ClN5O4. The van der Waals surface area contributed by atoms with Gasteiger partial charge in [-0.1, -0.05) is 28.9 Å². The second-order valence-electron chi connectivity index (χ2n) is 9.15. The summed E-state index contributed by atoms with van der Waals surface area (Å²) in [6, 6.07) is 12.8. The Labute approximate surface area is 216 Å². The molecule has 2 fully saturated rings. The van der Waals surface area contributed by atoms with Crippen molar-refractivity contribution in [3.8, 4) is 5.75 Å². The van der Waals surface area contributed by atoms with Crippen LogP contribution in [0.2, 0.25) is 5.02 Å². The van der Waals surface area contributed by atoms with Crippen molar-refractivity contribution in [2.24, 2.45) is 11.1 Å². The number of aromatic hydroxyl groups is 1. The monoisotopic (exact) mass is 513 g/mol. The molecule has 0 bridgehead atoms. The molecule has 2 heterocycles. The minimum absolute atomic E-state index is 0.0260. The van der Waals surface area contributed by atoms with Crippen molar-refractivity contribution >= 4 is 40.5 Å². The van der Waals surface area contributed by atoms with Gasteiger partial charge >= 0.3 is 0 Å². The van der Waals surface area contributed by atoms with Crippen molar-refractivity contribution in [1.82, 2.24) is 9.80 Å². The van der Waals surface area contributed by atoms with Gasteiger partial charge in [0.1, 0.15) is 12.9 Å². The first-order valence-electron chi connectivity index (χ1n) is 12.1. The van der Waals surface area contributed by atoms with E-state index >= 15 is 0 Å². The lowest BCUT2D eigenvalue weighted by Gasteiger charge is -2.36. The highest BCUT2D eigenvalue weighted by atomic mass is 35.5. The predicted molar refractivity (Wildman–Crippen MR) is 141 cm³/mol. The third kappa shape index (κ3) is 6.27. The number of benzene rings is 2. The van der Waals surface area contributed by atoms with E-state index < -0.39 is 0 Å². The number of hydrogen-bond acceptors (Lipinski definition) is 7. The van der Waals surface area contributed by atoms with Crippen LogP contribution in [0.1, 0.15) is 18.9 Å². The van der Waals surface area contributed by atoms with E-state index in [-0.39, 0.29) is 28.5 Å². The lowest BCUT2D eigenvalue weighted by Crippen LogP contribution is -2.51. The zero-order valence-corrected chi connectivity index (χ0v) is 21.4. The summed E-state index contributed by atoms with van der Waals surface area (Å²) in [6.07, 6.45) is 0.698. The lowest BCUT2D eigenvalue weighted by molar-refractivity contribution is -0.132. The maximum absolute atomic E-state index is 12.9. The third-order valence-electron chi connectivity index (χ3n) is 6.73. The molecule has 2 aliphatic heterocycles. The highest BCUT2D eigenvalue weighted by Crippen LogP contribution is 2.27. The molecule has 10 heteroatoms. The summed E-state index contributed by atoms with van der Waals surface area (Å²) >= 11 is 5.92. The number of phenols is 1. The van der Waals surface area contributed by atoms with Gasteiger partial charge in [-0.15, -0.1) is 0 Å². The van der Waals surface area contributed by atoms with E-state index in [0.29, 0.717) is 44.8 Å². The highest BCUT2D eigenvalue weighted by molar-refractivity contribution is 6.32. The number of oxime groups is 1. The number of nitrogens with one attached hydrogen (secondary N) is 1. The molecule has 0 saturated carbocycles. The fourth-order valence-electron chi connectivity index (χ4n) is 4.63. The standard InChI is InChI=1S/C26H32ClN5O4/c1-18(29-36-2)19-3-6-22(7-4-19)31-11-13-32(14-12-31)25(34)17-30-10-9-20(16-30)26(35)28-21-5-8-24(33)23(27)15-21/h3-8,15,20,33H,9-14,16-17H2,1-2H3,(H,28,35)/b29-18+/t20-/m1/s1. The van der Waals surface area contributed by atoms with Crippen molar-refractivity contribution in [3.05, 3.63) is 53.1 Å². The van der Waals surface area contributed by atoms with Gasteiger partial charge in [-0.2, -0.15) is 0 Å². The Morgan fingerprint density at radius 3 is 2.50 bits per heavy atom. The number of halogens is 1. The first-order chi connectivity index (χ1) is 17.3. The molecule has 2 saturated heterocycles. The number of hydrogen-bond donors (Lipinski definition) is 2. The molecule has 36 heavy (non-hydrogen) atoms. The van der Waals surface area contributed by atoms with Crippen molar-refractivity contribution < 1.29 is 19.5 Å². The van der Waals surface area contributed by atoms with E-state index in [0.717, 1.165) is 30.1 Å². The predicted octanol–water partition coefficient (Wildman–Crippen LogP) is 3.03. The van der Waals surface area contributed by atoms with Crippen LogP contribution in [0, 0.1) is 5.92 Å². The van der Waals surface area contributed by atoms with Crippen molar-refractivity contribution in [1.29, 1.82) is 0 Å². The molecule has 2 aromatic carbocycles. The first-order valence-corrected chi connectivity index (χ1v) is 12.4. The maximum Gasteiger partial charge on any atom is 0.236 e. The van der Waals surface area contributed by atoms with Crippen LogP contribution < -0.4 is 10.2 Å². The van der Waals surface area contributed by atoms with E-state index in [1.165, 1.54) is 19.2 Å². The Hall–Kier alpha value is -3.30. The molecule has 2 amide bonds. The number of carbonyl (C=O) groups is 2. The number of anilines is 2. The van der Waals surface area contributed by atoms with Gasteiger partial charge in [0.2, 0.25) is 11.8 Å². The van der Waals surface area contributed by atoms with Gasteiger partial charge in [0.05, 0.1) is 23.2 Å². The normalized spacial score (nSPS) is 18.9. The second kappa shape index (κ2) is 11.6. The van der Waals surface area contributed by atoms with E-state index in [4.69, 9.17) is 16.4 Å². The number of piperazine rings is 1. The Morgan fingerprint density at radius 1 is 1.11 bits per heavy atom. The van der Waals surface area contributed by atoms with E-state index in [1.807, 2.05) is 28.9 Å². The molecule has 0 aliphatic carbocycles. The van der Waals surface area contributed by atoms with Crippen LogP contribution in [-0.4, -0.2) is 85.4 Å². The number of likely N-dealkylation sites (tertiary alicyclic amines) is 1. The van der Waals surface area contributed by atoms with E-state index in [1.54, 1.807) is 6.07 Å². The topological polar surface area (TPSA) is 97.7 Å². The first kappa shape index (κ1) is 25.8. The molecule has 4 rings (SSSR count). The summed E-state index contributed by atoms with van der Waals surface area (Å²) in [5.74, 6) is -0.220. The summed E-state index contributed by atoms with van der Waals surface area (Å²) in [6.45, 7) is 6.37. The fraction of sp³-hybridized carbons (Fsp3) is 0.423. The highest BCUT2D eigenvalue weighted by Gasteiger charge is 2.31. The summed E-state index contributed by atoms with van der Waals surface area (Å²) in [7, 11) is 1.54. The van der Waals surface area contributed by atoms with Crippen molar-refractivity contribution in [2.45, 2.75) is 13.3 Å². The summed E-state index contributed by atoms with van der Waals surface area (Å²) < 4.78 is 0. The Kier molecular flexibility index (Phi) is 8.32. The molecule has 0 unspecified atom stereocenters. The Morgan fingerprint density at radius 2 is 1.83 bits per heavy atom. The van der Waals surface area contributed by atoms with Gasteiger partial charge in [-0.05, 0) is 55.8 Å². The van der Waals surface area contributed by atoms with E-state index in [9.17, 15) is 14.7 Å². The van der Waals surface area contributed by atoms with Crippen molar-refractivity contribution in [2.75, 3.05) is 63.1 Å². The van der Waals surface area contributed by atoms with Gasteiger partial charge in [0.15, 0.2) is 0 Å². The van der Waals surface area contributed by atoms with E-state index in [2.05, 4.69) is 27.5 Å². The zero-order chi connectivity index (χ0) is 25.7. The van der Waals surface area contributed by atoms with Crippen LogP contribution in [0.5, 0.6) is 5.75 Å². The number of amides is 2. The number of phenolic OH excluding ortho intramolecular Hbond substituents is 1. The molecule has 9 nitrogen and oxygen atoms in total. The molecule has 0 spiro atoms. The molecule has 192 valence electrons. The second-order valence-corrected chi connectivity index (χ2v) is 9.56. The summed E-state index contributed by atoms with van der Waals surface area (Å²) in [5.41, 5.74) is 3.51. The van der Waals surface area contributed by atoms with Gasteiger partial charge in [-0.3, -0.25) is 14.5 Å². The molecule has 1 atom stereocenters. The smallest absolute Gasteiger partial charge is 0.236 e. The number of nitrogens with zero attached hydrogens (tertiary/aromatic N) is 4. The van der Waals surface area contributed by atoms with Crippen LogP contribution in [0.4, 0.5) is 11.4 Å². The van der Waals surface area contributed by atoms with Gasteiger partial charge in [0, 0.05) is 44.1 Å². The minimum Gasteiger partial charge on any atom is -0.506 e. The van der Waals surface area contributed by atoms with Crippen LogP contribution in [0.25, 0.3) is 0 Å². The van der Waals surface area contributed by atoms with Crippen LogP contribution >= 0.6 is 11.6 Å². The molecule has 0 aromatic heterocycles. The van der Waals surface area contributed by atoms with Crippen LogP contribution in [0.3, 0.4) is 0 Å². The lowest BCUT2D eigenvalue weighted by atomic mass is 10.1. The average Bonchev–Trinajstić information content (AvgIpc) is 3.35. The molecular weight excluding hydrogens is 482 g/mol. The Bertz CT molecular complexity index is 1120. The average molecular weight is 514 g/mol. The maximum atomic E-state index is 12.9. The Balaban J connectivity index is 1.22. The molecule has 2 aliphatic rings. The fourth-order valence-corrected chi connectivity index (χ4v) is 4.81. The SMILES string of the molecule is CO/N=C(\C)c1ccc(N2CCN(C(=O)CN3CC[C@@H](C(=O)Nc4ccc(O)c(Cl)c4)C3)CC2)cc1. The number of carbonyl (C=O) groups excluding carboxylic acids is 2. The van der Waals surface area contributed by atoms with Crippen LogP contribution in [-0.2, 0) is 14.4 Å². The third-order valence-corrected chi connectivity index (χ3v) is 7.03. The van der Waals surface area contributed by atoms with Crippen LogP contribution in [0.15, 0.2) is 47.6 Å². The molecule has 2 N–H and O–H groups in total. The summed E-state index contributed by atoms with van der Waals surface area (Å²) in [4.78, 5) is 36.6. The zero-order valence-electron chi connectivity index (χ0n) is 20.6. The van der Waals surface area contributed by atoms with Gasteiger partial charge < -0.3 is 25.1 Å². The minimum atomic E-state index is -0.192. The quantitative estimate of drug-likeness (QED) is 0.335.